The van der Waals surface area contributed by atoms with Crippen LogP contribution in [0.1, 0.15) is 24.6 Å². The molecule has 3 N–H and O–H groups in total. The largest absolute Gasteiger partial charge is 0.444 e. The molecule has 0 aliphatic carbocycles. The number of oxazole rings is 1. The summed E-state index contributed by atoms with van der Waals surface area (Å²) in [7, 11) is 0. The SMILES string of the molecule is Cc1cnc(C(C)Nc2nc(N)nc(-n3cncn3)n2)o1. The molecule has 10 heteroatoms. The quantitative estimate of drug-likeness (QED) is 0.703. The minimum atomic E-state index is -0.218. The first-order chi connectivity index (χ1) is 10.1. The van der Waals surface area contributed by atoms with Crippen LogP contribution in [0.2, 0.25) is 0 Å². The Hall–Kier alpha value is -3.04. The Balaban J connectivity index is 1.85. The number of aryl methyl sites for hydroxylation is 1. The smallest absolute Gasteiger partial charge is 0.258 e. The van der Waals surface area contributed by atoms with Crippen LogP contribution in [-0.2, 0) is 0 Å². The number of nitrogens with zero attached hydrogens (tertiary/aromatic N) is 7. The molecule has 21 heavy (non-hydrogen) atoms. The Morgan fingerprint density at radius 1 is 1.33 bits per heavy atom. The molecule has 0 aromatic carbocycles. The van der Waals surface area contributed by atoms with Crippen LogP contribution >= 0.6 is 0 Å². The molecule has 1 unspecified atom stereocenters. The van der Waals surface area contributed by atoms with Crippen molar-refractivity contribution in [3.63, 3.8) is 0 Å². The van der Waals surface area contributed by atoms with Gasteiger partial charge in [0.25, 0.3) is 5.95 Å². The van der Waals surface area contributed by atoms with Crippen LogP contribution in [0.25, 0.3) is 5.95 Å². The molecule has 108 valence electrons. The summed E-state index contributed by atoms with van der Waals surface area (Å²) in [5.41, 5.74) is 5.68. The van der Waals surface area contributed by atoms with Crippen molar-refractivity contribution in [2.75, 3.05) is 11.1 Å². The summed E-state index contributed by atoms with van der Waals surface area (Å²) in [6.07, 6.45) is 4.50. The highest BCUT2D eigenvalue weighted by molar-refractivity contribution is 5.35. The maximum absolute atomic E-state index is 5.68. The molecule has 1 atom stereocenters. The standard InChI is InChI=1S/C11H13N9O/c1-6-3-14-8(21-6)7(2)16-10-17-9(12)18-11(19-10)20-5-13-4-15-20/h3-5,7H,1-2H3,(H3,12,16,17,18,19). The summed E-state index contributed by atoms with van der Waals surface area (Å²) in [6, 6.07) is -0.218. The van der Waals surface area contributed by atoms with Gasteiger partial charge in [-0.2, -0.15) is 24.7 Å². The fourth-order valence-corrected chi connectivity index (χ4v) is 1.69. The molecule has 0 fully saturated rings. The number of aromatic nitrogens is 7. The average Bonchev–Trinajstić information content (AvgIpc) is 3.08. The van der Waals surface area contributed by atoms with Crippen LogP contribution < -0.4 is 11.1 Å². The molecule has 0 amide bonds. The van der Waals surface area contributed by atoms with Gasteiger partial charge in [0.05, 0.1) is 6.20 Å². The number of hydrogen-bond donors (Lipinski definition) is 2. The van der Waals surface area contributed by atoms with E-state index in [1.165, 1.54) is 17.3 Å². The zero-order valence-corrected chi connectivity index (χ0v) is 11.4. The maximum atomic E-state index is 5.68. The van der Waals surface area contributed by atoms with Crippen LogP contribution in [0, 0.1) is 6.92 Å². The monoisotopic (exact) mass is 287 g/mol. The number of hydrogen-bond acceptors (Lipinski definition) is 9. The lowest BCUT2D eigenvalue weighted by atomic mass is 10.3. The van der Waals surface area contributed by atoms with E-state index in [4.69, 9.17) is 10.2 Å². The molecular formula is C11H13N9O. The van der Waals surface area contributed by atoms with Crippen LogP contribution in [0.15, 0.2) is 23.3 Å². The van der Waals surface area contributed by atoms with Gasteiger partial charge in [-0.05, 0) is 13.8 Å². The van der Waals surface area contributed by atoms with Gasteiger partial charge in [-0.1, -0.05) is 0 Å². The van der Waals surface area contributed by atoms with Gasteiger partial charge in [-0.3, -0.25) is 0 Å². The molecule has 0 saturated carbocycles. The highest BCUT2D eigenvalue weighted by atomic mass is 16.4. The Labute approximate surface area is 119 Å². The van der Waals surface area contributed by atoms with Gasteiger partial charge in [0.2, 0.25) is 17.8 Å². The van der Waals surface area contributed by atoms with Crippen LogP contribution in [0.3, 0.4) is 0 Å². The first-order valence-electron chi connectivity index (χ1n) is 6.17. The van der Waals surface area contributed by atoms with Crippen LogP contribution in [0.5, 0.6) is 0 Å². The Morgan fingerprint density at radius 2 is 2.19 bits per heavy atom. The molecule has 0 bridgehead atoms. The van der Waals surface area contributed by atoms with Crippen molar-refractivity contribution >= 4 is 11.9 Å². The van der Waals surface area contributed by atoms with E-state index in [2.05, 4.69) is 35.3 Å². The molecule has 3 aromatic rings. The first-order valence-corrected chi connectivity index (χ1v) is 6.17. The zero-order valence-electron chi connectivity index (χ0n) is 11.4. The highest BCUT2D eigenvalue weighted by Crippen LogP contribution is 2.17. The number of anilines is 2. The molecule has 3 heterocycles. The minimum Gasteiger partial charge on any atom is -0.444 e. The van der Waals surface area contributed by atoms with E-state index in [1.807, 2.05) is 13.8 Å². The van der Waals surface area contributed by atoms with Gasteiger partial charge in [-0.15, -0.1) is 0 Å². The fraction of sp³-hybridized carbons (Fsp3) is 0.273. The predicted octanol–water partition coefficient (Wildman–Crippen LogP) is 0.504. The van der Waals surface area contributed by atoms with E-state index in [1.54, 1.807) is 6.20 Å². The van der Waals surface area contributed by atoms with Crippen molar-refractivity contribution < 1.29 is 4.42 Å². The van der Waals surface area contributed by atoms with E-state index in [0.717, 1.165) is 5.76 Å². The van der Waals surface area contributed by atoms with Gasteiger partial charge in [0.15, 0.2) is 0 Å². The Bertz CT molecular complexity index is 736. The van der Waals surface area contributed by atoms with Crippen molar-refractivity contribution in [2.45, 2.75) is 19.9 Å². The minimum absolute atomic E-state index is 0.0776. The lowest BCUT2D eigenvalue weighted by Gasteiger charge is -2.11. The van der Waals surface area contributed by atoms with E-state index in [0.29, 0.717) is 11.8 Å². The molecule has 0 spiro atoms. The van der Waals surface area contributed by atoms with Crippen LogP contribution in [0.4, 0.5) is 11.9 Å². The fourth-order valence-electron chi connectivity index (χ4n) is 1.69. The van der Waals surface area contributed by atoms with Crippen LogP contribution in [-0.4, -0.2) is 34.7 Å². The number of nitrogen functional groups attached to an aromatic ring is 1. The summed E-state index contributed by atoms with van der Waals surface area (Å²) in [5.74, 6) is 1.93. The molecule has 10 nitrogen and oxygen atoms in total. The summed E-state index contributed by atoms with van der Waals surface area (Å²) < 4.78 is 6.84. The van der Waals surface area contributed by atoms with E-state index in [-0.39, 0.29) is 17.9 Å². The predicted molar refractivity (Wildman–Crippen MR) is 72.4 cm³/mol. The number of nitrogens with one attached hydrogen (secondary N) is 1. The highest BCUT2D eigenvalue weighted by Gasteiger charge is 2.14. The molecule has 3 rings (SSSR count). The van der Waals surface area contributed by atoms with E-state index < -0.39 is 0 Å². The van der Waals surface area contributed by atoms with E-state index >= 15 is 0 Å². The van der Waals surface area contributed by atoms with Crippen molar-refractivity contribution in [1.82, 2.24) is 34.7 Å². The van der Waals surface area contributed by atoms with Gasteiger partial charge >= 0.3 is 0 Å². The van der Waals surface area contributed by atoms with Crippen molar-refractivity contribution in [3.05, 3.63) is 30.5 Å². The van der Waals surface area contributed by atoms with Crippen molar-refractivity contribution in [1.29, 1.82) is 0 Å². The number of rotatable bonds is 4. The molecule has 0 aliphatic rings. The van der Waals surface area contributed by atoms with Crippen molar-refractivity contribution in [3.8, 4) is 5.95 Å². The van der Waals surface area contributed by atoms with Crippen molar-refractivity contribution in [2.24, 2.45) is 0 Å². The second kappa shape index (κ2) is 5.15. The molecule has 0 radical (unpaired) electrons. The van der Waals surface area contributed by atoms with Gasteiger partial charge < -0.3 is 15.5 Å². The molecule has 0 saturated heterocycles. The average molecular weight is 287 g/mol. The molecule has 3 aromatic heterocycles. The summed E-state index contributed by atoms with van der Waals surface area (Å²) in [4.78, 5) is 20.2. The third kappa shape index (κ3) is 2.78. The first kappa shape index (κ1) is 13.0. The third-order valence-electron chi connectivity index (χ3n) is 2.62. The van der Waals surface area contributed by atoms with E-state index in [9.17, 15) is 0 Å². The summed E-state index contributed by atoms with van der Waals surface area (Å²) in [5, 5.41) is 7.00. The van der Waals surface area contributed by atoms with Gasteiger partial charge in [-0.25, -0.2) is 9.97 Å². The second-order valence-corrected chi connectivity index (χ2v) is 4.33. The summed E-state index contributed by atoms with van der Waals surface area (Å²) >= 11 is 0. The lowest BCUT2D eigenvalue weighted by Crippen LogP contribution is -2.14. The topological polar surface area (TPSA) is 133 Å². The normalized spacial score (nSPS) is 12.3. The maximum Gasteiger partial charge on any atom is 0.258 e. The Morgan fingerprint density at radius 3 is 2.86 bits per heavy atom. The van der Waals surface area contributed by atoms with Gasteiger partial charge in [0, 0.05) is 0 Å². The zero-order chi connectivity index (χ0) is 14.8. The number of nitrogens with two attached hydrogens (primary N) is 1. The second-order valence-electron chi connectivity index (χ2n) is 4.33. The molecule has 0 aliphatic heterocycles. The molecular weight excluding hydrogens is 274 g/mol. The van der Waals surface area contributed by atoms with Gasteiger partial charge in [0.1, 0.15) is 24.5 Å². The third-order valence-corrected chi connectivity index (χ3v) is 2.62. The lowest BCUT2D eigenvalue weighted by molar-refractivity contribution is 0.453. The summed E-state index contributed by atoms with van der Waals surface area (Å²) in [6.45, 7) is 3.70. The Kier molecular flexibility index (Phi) is 3.18.